The van der Waals surface area contributed by atoms with Crippen LogP contribution in [-0.4, -0.2) is 18.3 Å². The predicted molar refractivity (Wildman–Crippen MR) is 68.9 cm³/mol. The summed E-state index contributed by atoms with van der Waals surface area (Å²) in [5.74, 6) is 1.51. The van der Waals surface area contributed by atoms with Gasteiger partial charge in [-0.05, 0) is 41.0 Å². The first kappa shape index (κ1) is 11.9. The van der Waals surface area contributed by atoms with Gasteiger partial charge in [0.15, 0.2) is 11.5 Å². The summed E-state index contributed by atoms with van der Waals surface area (Å²) in [5, 5.41) is 20.6. The van der Waals surface area contributed by atoms with Crippen molar-refractivity contribution in [3.63, 3.8) is 0 Å². The van der Waals surface area contributed by atoms with Gasteiger partial charge in [0.25, 0.3) is 0 Å². The van der Waals surface area contributed by atoms with Crippen LogP contribution in [0.5, 0.6) is 17.2 Å². The maximum atomic E-state index is 11.2. The molecule has 0 aliphatic carbocycles. The third-order valence-electron chi connectivity index (χ3n) is 3.10. The molecule has 0 saturated heterocycles. The number of phenols is 1. The zero-order valence-corrected chi connectivity index (χ0v) is 10.3. The Labute approximate surface area is 110 Å². The van der Waals surface area contributed by atoms with Crippen LogP contribution in [0.4, 0.5) is 0 Å². The molecule has 1 N–H and O–H groups in total. The van der Waals surface area contributed by atoms with Gasteiger partial charge in [-0.15, -0.1) is 0 Å². The molecule has 3 rings (SSSR count). The number of hydrogen-bond donors (Lipinski definition) is 1. The minimum Gasteiger partial charge on any atom is -0.508 e. The summed E-state index contributed by atoms with van der Waals surface area (Å²) in [5.41, 5.74) is 2.26. The van der Waals surface area contributed by atoms with Gasteiger partial charge in [-0.1, -0.05) is 12.1 Å². The molecule has 19 heavy (non-hydrogen) atoms. The highest BCUT2D eigenvalue weighted by atomic mass is 16.6. The predicted octanol–water partition coefficient (Wildman–Crippen LogP) is 2.76. The molecule has 1 radical (unpaired) electrons. The van der Waals surface area contributed by atoms with Gasteiger partial charge in [0, 0.05) is 0 Å². The average molecular weight is 257 g/mol. The van der Waals surface area contributed by atoms with E-state index >= 15 is 0 Å². The lowest BCUT2D eigenvalue weighted by molar-refractivity contribution is 0.171. The molecule has 2 aromatic rings. The van der Waals surface area contributed by atoms with E-state index in [1.165, 1.54) is 6.07 Å². The zero-order chi connectivity index (χ0) is 13.2. The van der Waals surface area contributed by atoms with Crippen molar-refractivity contribution in [1.29, 1.82) is 0 Å². The Morgan fingerprint density at radius 3 is 2.58 bits per heavy atom. The molecule has 0 aromatic heterocycles. The summed E-state index contributed by atoms with van der Waals surface area (Å²) in [4.78, 5) is 0. The summed E-state index contributed by atoms with van der Waals surface area (Å²) in [6.07, 6.45) is 0. The number of hydrogen-bond acceptors (Lipinski definition) is 3. The molecular weight excluding hydrogens is 244 g/mol. The van der Waals surface area contributed by atoms with Crippen LogP contribution < -0.4 is 9.47 Å². The molecule has 0 spiro atoms. The van der Waals surface area contributed by atoms with Crippen molar-refractivity contribution in [3.8, 4) is 28.4 Å². The van der Waals surface area contributed by atoms with E-state index in [1.54, 1.807) is 12.1 Å². The topological polar surface area (TPSA) is 58.6 Å². The van der Waals surface area contributed by atoms with Crippen LogP contribution in [0.1, 0.15) is 5.56 Å². The minimum atomic E-state index is -0.377. The lowest BCUT2D eigenvalue weighted by Gasteiger charge is -2.19. The average Bonchev–Trinajstić information content (AvgIpc) is 2.46. The lowest BCUT2D eigenvalue weighted by Crippen LogP contribution is -2.15. The van der Waals surface area contributed by atoms with Crippen LogP contribution in [0.2, 0.25) is 0 Å². The van der Waals surface area contributed by atoms with Crippen LogP contribution in [-0.2, 0) is 11.7 Å². The van der Waals surface area contributed by atoms with Gasteiger partial charge in [0.05, 0.1) is 0 Å². The second-order valence-corrected chi connectivity index (χ2v) is 4.34. The highest BCUT2D eigenvalue weighted by molar-refractivity contribution is 5.71. The van der Waals surface area contributed by atoms with E-state index in [1.807, 2.05) is 18.2 Å². The largest absolute Gasteiger partial charge is 0.508 e. The van der Waals surface area contributed by atoms with E-state index in [0.717, 1.165) is 16.9 Å². The maximum absolute atomic E-state index is 11.2. The monoisotopic (exact) mass is 257 g/mol. The van der Waals surface area contributed by atoms with E-state index < -0.39 is 0 Å². The van der Waals surface area contributed by atoms with Gasteiger partial charge < -0.3 is 14.6 Å². The van der Waals surface area contributed by atoms with E-state index in [-0.39, 0.29) is 12.4 Å². The summed E-state index contributed by atoms with van der Waals surface area (Å²) >= 11 is 0. The zero-order valence-electron chi connectivity index (χ0n) is 10.3. The molecule has 97 valence electrons. The Hall–Kier alpha value is -2.20. The van der Waals surface area contributed by atoms with E-state index in [4.69, 9.17) is 9.47 Å². The van der Waals surface area contributed by atoms with E-state index in [2.05, 4.69) is 0 Å². The van der Waals surface area contributed by atoms with Crippen LogP contribution >= 0.6 is 0 Å². The molecule has 0 saturated carbocycles. The van der Waals surface area contributed by atoms with Crippen molar-refractivity contribution in [2.75, 3.05) is 13.2 Å². The first-order chi connectivity index (χ1) is 9.28. The molecule has 2 aromatic carbocycles. The molecule has 1 aliphatic rings. The second kappa shape index (κ2) is 4.82. The standard InChI is InChI=1S/C15H13O4/c16-9-11-7-12(17)2-3-13(11)10-1-4-14-15(8-10)19-6-5-18-14/h1-4,7-8,17H,5-6,9H2. The summed E-state index contributed by atoms with van der Waals surface area (Å²) in [6.45, 7) is 0.704. The Balaban J connectivity index is 2.07. The number of ether oxygens (including phenoxy) is 2. The van der Waals surface area contributed by atoms with Gasteiger partial charge in [-0.2, -0.15) is 0 Å². The third-order valence-corrected chi connectivity index (χ3v) is 3.10. The van der Waals surface area contributed by atoms with Crippen molar-refractivity contribution in [2.24, 2.45) is 0 Å². The normalized spacial score (nSPS) is 13.3. The summed E-state index contributed by atoms with van der Waals surface area (Å²) < 4.78 is 11.0. The number of phenolic OH excluding ortho intramolecular Hbond substituents is 1. The van der Waals surface area contributed by atoms with Crippen molar-refractivity contribution >= 4 is 0 Å². The van der Waals surface area contributed by atoms with Crippen LogP contribution in [0.3, 0.4) is 0 Å². The molecule has 0 amide bonds. The van der Waals surface area contributed by atoms with Gasteiger partial charge >= 0.3 is 0 Å². The molecule has 4 nitrogen and oxygen atoms in total. The Morgan fingerprint density at radius 2 is 1.79 bits per heavy atom. The lowest BCUT2D eigenvalue weighted by atomic mass is 9.99. The van der Waals surface area contributed by atoms with Crippen molar-refractivity contribution in [3.05, 3.63) is 42.0 Å². The molecular formula is C15H13O4. The fourth-order valence-corrected chi connectivity index (χ4v) is 2.19. The van der Waals surface area contributed by atoms with E-state index in [0.29, 0.717) is 24.5 Å². The molecule has 0 fully saturated rings. The second-order valence-electron chi connectivity index (χ2n) is 4.34. The Kier molecular flexibility index (Phi) is 3.01. The van der Waals surface area contributed by atoms with Crippen molar-refractivity contribution in [1.82, 2.24) is 0 Å². The highest BCUT2D eigenvalue weighted by Crippen LogP contribution is 2.36. The number of rotatable bonds is 2. The molecule has 1 aliphatic heterocycles. The van der Waals surface area contributed by atoms with Gasteiger partial charge in [0.2, 0.25) is 0 Å². The minimum absolute atomic E-state index is 0.104. The maximum Gasteiger partial charge on any atom is 0.161 e. The van der Waals surface area contributed by atoms with Gasteiger partial charge in [0.1, 0.15) is 25.6 Å². The van der Waals surface area contributed by atoms with Crippen LogP contribution in [0.15, 0.2) is 36.4 Å². The van der Waals surface area contributed by atoms with Gasteiger partial charge in [-0.3, -0.25) is 0 Å². The van der Waals surface area contributed by atoms with Crippen LogP contribution in [0.25, 0.3) is 11.1 Å². The molecule has 1 heterocycles. The number of benzene rings is 2. The first-order valence-corrected chi connectivity index (χ1v) is 6.08. The van der Waals surface area contributed by atoms with Crippen LogP contribution in [0, 0.1) is 0 Å². The summed E-state index contributed by atoms with van der Waals surface area (Å²) in [7, 11) is 0. The number of fused-ring (bicyclic) bond motifs is 1. The fraction of sp³-hybridized carbons (Fsp3) is 0.200. The Morgan fingerprint density at radius 1 is 1.00 bits per heavy atom. The molecule has 0 bridgehead atoms. The van der Waals surface area contributed by atoms with E-state index in [9.17, 15) is 10.2 Å². The summed E-state index contributed by atoms with van der Waals surface area (Å²) in [6, 6.07) is 10.4. The fourth-order valence-electron chi connectivity index (χ4n) is 2.19. The SMILES string of the molecule is [O]Cc1cc(O)ccc1-c1ccc2c(c1)OCCO2. The smallest absolute Gasteiger partial charge is 0.161 e. The third kappa shape index (κ3) is 2.22. The molecule has 0 atom stereocenters. The molecule has 0 unspecified atom stereocenters. The quantitative estimate of drug-likeness (QED) is 0.899. The van der Waals surface area contributed by atoms with Crippen molar-refractivity contribution < 1.29 is 19.7 Å². The highest BCUT2D eigenvalue weighted by Gasteiger charge is 2.14. The molecule has 4 heteroatoms. The van der Waals surface area contributed by atoms with Gasteiger partial charge in [-0.25, -0.2) is 5.11 Å². The van der Waals surface area contributed by atoms with Crippen molar-refractivity contribution in [2.45, 2.75) is 6.61 Å². The first-order valence-electron chi connectivity index (χ1n) is 6.08. The number of aromatic hydroxyl groups is 1. The Bertz CT molecular complexity index is 607.